The van der Waals surface area contributed by atoms with E-state index >= 15 is 0 Å². The number of carboxylic acid groups (broad SMARTS) is 2. The Kier molecular flexibility index (Phi) is 9.18. The van der Waals surface area contributed by atoms with Gasteiger partial charge in [-0.1, -0.05) is 18.7 Å². The lowest BCUT2D eigenvalue weighted by molar-refractivity contribution is -0.307. The molecule has 0 saturated heterocycles. The zero-order chi connectivity index (χ0) is 31.6. The third-order valence-electron chi connectivity index (χ3n) is 8.48. The van der Waals surface area contributed by atoms with Crippen molar-refractivity contribution in [3.05, 3.63) is 79.8 Å². The number of carbonyl (C=O) groups is 4. The number of H-pyrrole nitrogens is 2. The minimum atomic E-state index is -1.18. The summed E-state index contributed by atoms with van der Waals surface area (Å²) in [5.41, 5.74) is 7.53. The van der Waals surface area contributed by atoms with E-state index in [0.29, 0.717) is 34.1 Å². The molecule has 0 bridgehead atoms. The van der Waals surface area contributed by atoms with Crippen LogP contribution < -0.4 is 26.2 Å². The van der Waals surface area contributed by atoms with Crippen LogP contribution in [-0.4, -0.2) is 45.5 Å². The van der Waals surface area contributed by atoms with Gasteiger partial charge in [0.05, 0.1) is 17.7 Å². The highest BCUT2D eigenvalue weighted by molar-refractivity contribution is 6.29. The summed E-state index contributed by atoms with van der Waals surface area (Å²) < 4.78 is 0. The molecule has 0 radical (unpaired) electrons. The lowest BCUT2D eigenvalue weighted by Gasteiger charge is -2.12. The number of nitrogens with one attached hydrogen (secondary N) is 3. The maximum Gasteiger partial charge on any atom is 0.253 e. The number of aliphatic carboxylic acids is 2. The average Bonchev–Trinajstić information content (AvgIpc) is 3.59. The van der Waals surface area contributed by atoms with Crippen molar-refractivity contribution < 1.29 is 29.4 Å². The standard InChI is InChI=1S/C33H38N4O6/c1-7-20-19(6)32(42)37-27(20)14-25-18(5)23(10-12-31(40)41)29(35-25)15-28-22(9-11-30(38)39)17(4)24(34-28)13-26-16(3)21(8-2)33(43)36-26/h7-8,14-15,19,26,34-35H,2,9-13H2,1,3-6H3,(H,36,43)(H,38,39)(H,40,41)/p-2/b20-7-,25-14-,29-15-. The number of aromatic amines is 2. The van der Waals surface area contributed by atoms with Gasteiger partial charge < -0.3 is 35.1 Å². The molecule has 3 N–H and O–H groups in total. The molecule has 10 heteroatoms. The molecule has 2 aliphatic rings. The van der Waals surface area contributed by atoms with Gasteiger partial charge in [0, 0.05) is 46.0 Å². The molecule has 4 rings (SSSR count). The highest BCUT2D eigenvalue weighted by Crippen LogP contribution is 2.26. The fourth-order valence-corrected chi connectivity index (χ4v) is 5.89. The Morgan fingerprint density at radius 2 is 1.60 bits per heavy atom. The second-order valence-corrected chi connectivity index (χ2v) is 11.0. The SMILES string of the molecule is C=CC1=C(C)C(Cc2[nH]c(/C=c3\[nH]/c(=C\C4=NC(=O)C(C)/C4=C/C)c(C)c3CCC(=O)[O-])c(CCC(=O)[O-])c2C)NC1=O. The summed E-state index contributed by atoms with van der Waals surface area (Å²) in [4.78, 5) is 58.4. The van der Waals surface area contributed by atoms with E-state index in [-0.39, 0.29) is 49.5 Å². The number of allylic oxidation sites excluding steroid dienone is 1. The number of rotatable bonds is 11. The van der Waals surface area contributed by atoms with E-state index in [2.05, 4.69) is 26.9 Å². The second kappa shape index (κ2) is 12.6. The van der Waals surface area contributed by atoms with Crippen LogP contribution in [0.4, 0.5) is 0 Å². The van der Waals surface area contributed by atoms with Crippen molar-refractivity contribution in [1.29, 1.82) is 0 Å². The van der Waals surface area contributed by atoms with Crippen molar-refractivity contribution >= 4 is 41.6 Å². The first-order valence-electron chi connectivity index (χ1n) is 14.3. The smallest absolute Gasteiger partial charge is 0.253 e. The predicted octanol–water partition coefficient (Wildman–Crippen LogP) is 0.0409. The zero-order valence-electron chi connectivity index (χ0n) is 25.1. The first-order valence-corrected chi connectivity index (χ1v) is 14.3. The van der Waals surface area contributed by atoms with Crippen LogP contribution in [0.5, 0.6) is 0 Å². The van der Waals surface area contributed by atoms with Gasteiger partial charge in [-0.3, -0.25) is 9.59 Å². The average molecular weight is 585 g/mol. The molecule has 0 aliphatic carbocycles. The van der Waals surface area contributed by atoms with Crippen molar-refractivity contribution in [1.82, 2.24) is 15.3 Å². The van der Waals surface area contributed by atoms with E-state index in [1.54, 1.807) is 19.1 Å². The van der Waals surface area contributed by atoms with E-state index in [1.807, 2.05) is 39.8 Å². The van der Waals surface area contributed by atoms with E-state index in [9.17, 15) is 29.4 Å². The summed E-state index contributed by atoms with van der Waals surface area (Å²) in [7, 11) is 0. The lowest BCUT2D eigenvalue weighted by atomic mass is 9.98. The van der Waals surface area contributed by atoms with Crippen LogP contribution in [0.1, 0.15) is 67.3 Å². The Bertz CT molecular complexity index is 1750. The minimum Gasteiger partial charge on any atom is -0.550 e. The summed E-state index contributed by atoms with van der Waals surface area (Å²) in [5.74, 6) is -3.09. The van der Waals surface area contributed by atoms with Crippen molar-refractivity contribution in [2.45, 2.75) is 72.8 Å². The fraction of sp³-hybridized carbons (Fsp3) is 0.364. The molecule has 10 nitrogen and oxygen atoms in total. The van der Waals surface area contributed by atoms with Gasteiger partial charge in [-0.25, -0.2) is 4.99 Å². The first kappa shape index (κ1) is 31.2. The monoisotopic (exact) mass is 584 g/mol. The van der Waals surface area contributed by atoms with Gasteiger partial charge in [0.15, 0.2) is 0 Å². The molecule has 2 aliphatic heterocycles. The Morgan fingerprint density at radius 1 is 0.953 bits per heavy atom. The number of hydrogen-bond acceptors (Lipinski definition) is 6. The van der Waals surface area contributed by atoms with Crippen LogP contribution in [0.25, 0.3) is 12.2 Å². The fourth-order valence-electron chi connectivity index (χ4n) is 5.89. The Balaban J connectivity index is 1.86. The highest BCUT2D eigenvalue weighted by Gasteiger charge is 2.29. The van der Waals surface area contributed by atoms with Crippen molar-refractivity contribution in [2.75, 3.05) is 0 Å². The van der Waals surface area contributed by atoms with Crippen LogP contribution in [0.3, 0.4) is 0 Å². The molecule has 43 heavy (non-hydrogen) atoms. The number of nitrogens with zero attached hydrogens (tertiary/aromatic N) is 1. The Morgan fingerprint density at radius 3 is 2.19 bits per heavy atom. The summed E-state index contributed by atoms with van der Waals surface area (Å²) in [5, 5.41) is 27.1. The van der Waals surface area contributed by atoms with Gasteiger partial charge in [-0.2, -0.15) is 0 Å². The van der Waals surface area contributed by atoms with Gasteiger partial charge in [-0.15, -0.1) is 0 Å². The molecule has 2 unspecified atom stereocenters. The normalized spacial score (nSPS) is 20.4. The van der Waals surface area contributed by atoms with Gasteiger partial charge in [0.25, 0.3) is 11.8 Å². The topological polar surface area (TPSA) is 170 Å². The van der Waals surface area contributed by atoms with Gasteiger partial charge in [0.1, 0.15) is 0 Å². The summed E-state index contributed by atoms with van der Waals surface area (Å²) in [6.07, 6.45) is 7.55. The zero-order valence-corrected chi connectivity index (χ0v) is 25.1. The molecular formula is C33H36N4O6-2. The third-order valence-corrected chi connectivity index (χ3v) is 8.48. The van der Waals surface area contributed by atoms with Gasteiger partial charge in [-0.05, 0) is 106 Å². The van der Waals surface area contributed by atoms with Gasteiger partial charge >= 0.3 is 0 Å². The van der Waals surface area contributed by atoms with Crippen LogP contribution in [0.2, 0.25) is 0 Å². The summed E-state index contributed by atoms with van der Waals surface area (Å²) >= 11 is 0. The third kappa shape index (κ3) is 6.38. The molecule has 2 amide bonds. The van der Waals surface area contributed by atoms with Crippen molar-refractivity contribution in [3.63, 3.8) is 0 Å². The minimum absolute atomic E-state index is 0.182. The molecule has 0 spiro atoms. The van der Waals surface area contributed by atoms with Gasteiger partial charge in [0.2, 0.25) is 0 Å². The van der Waals surface area contributed by atoms with Crippen LogP contribution >= 0.6 is 0 Å². The van der Waals surface area contributed by atoms with Crippen molar-refractivity contribution in [3.8, 4) is 0 Å². The molecule has 2 atom stereocenters. The molecule has 0 fully saturated rings. The molecule has 4 heterocycles. The maximum absolute atomic E-state index is 12.4. The quantitative estimate of drug-likeness (QED) is 0.337. The predicted molar refractivity (Wildman–Crippen MR) is 159 cm³/mol. The number of carboxylic acids is 2. The largest absolute Gasteiger partial charge is 0.550 e. The van der Waals surface area contributed by atoms with E-state index < -0.39 is 11.9 Å². The maximum atomic E-state index is 12.4. The van der Waals surface area contributed by atoms with Crippen molar-refractivity contribution in [2.24, 2.45) is 10.9 Å². The van der Waals surface area contributed by atoms with Crippen LogP contribution in [-0.2, 0) is 38.4 Å². The molecule has 0 aromatic carbocycles. The molecular weight excluding hydrogens is 548 g/mol. The molecule has 2 aromatic heterocycles. The number of aliphatic imine (C=N–C) groups is 1. The summed E-state index contributed by atoms with van der Waals surface area (Å²) in [6, 6.07) is -0.245. The molecule has 2 aromatic rings. The number of hydrogen-bond donors (Lipinski definition) is 3. The second-order valence-electron chi connectivity index (χ2n) is 11.0. The van der Waals surface area contributed by atoms with Crippen LogP contribution in [0.15, 0.2) is 40.4 Å². The van der Waals surface area contributed by atoms with Crippen LogP contribution in [0, 0.1) is 19.8 Å². The molecule has 226 valence electrons. The number of amides is 2. The number of aromatic nitrogens is 2. The first-order chi connectivity index (χ1) is 20.4. The summed E-state index contributed by atoms with van der Waals surface area (Å²) in [6.45, 7) is 13.1. The van der Waals surface area contributed by atoms with E-state index in [0.717, 1.165) is 39.1 Å². The molecule has 0 saturated carbocycles. The van der Waals surface area contributed by atoms with E-state index in [1.165, 1.54) is 0 Å². The lowest BCUT2D eigenvalue weighted by Crippen LogP contribution is -2.30. The Labute approximate surface area is 249 Å². The van der Waals surface area contributed by atoms with E-state index in [4.69, 9.17) is 0 Å². The highest BCUT2D eigenvalue weighted by atomic mass is 16.4. The Hall–Kier alpha value is -4.73. The number of carbonyl (C=O) groups excluding carboxylic acids is 4.